The fourth-order valence-electron chi connectivity index (χ4n) is 2.77. The Morgan fingerprint density at radius 3 is 2.70 bits per heavy atom. The average molecular weight is 342 g/mol. The van der Waals surface area contributed by atoms with Crippen molar-refractivity contribution in [3.05, 3.63) is 29.3 Å². The Bertz CT molecular complexity index is 487. The van der Waals surface area contributed by atoms with Crippen molar-refractivity contribution < 1.29 is 14.3 Å². The number of ether oxygens (including phenoxy) is 2. The van der Waals surface area contributed by atoms with Crippen molar-refractivity contribution in [2.24, 2.45) is 5.92 Å². The third-order valence-corrected chi connectivity index (χ3v) is 4.16. The predicted octanol–water partition coefficient (Wildman–Crippen LogP) is 3.29. The Kier molecular flexibility index (Phi) is 9.03. The first-order chi connectivity index (χ1) is 10.7. The Morgan fingerprint density at radius 2 is 2.04 bits per heavy atom. The van der Waals surface area contributed by atoms with Gasteiger partial charge in [-0.2, -0.15) is 0 Å². The maximum atomic E-state index is 11.4. The van der Waals surface area contributed by atoms with Crippen molar-refractivity contribution in [3.8, 4) is 5.75 Å². The molecule has 0 atom stereocenters. The molecule has 1 N–H and O–H groups in total. The quantitative estimate of drug-likeness (QED) is 0.773. The average Bonchev–Trinajstić information content (AvgIpc) is 2.53. The lowest BCUT2D eigenvalue weighted by Crippen LogP contribution is -2.30. The highest BCUT2D eigenvalue weighted by Crippen LogP contribution is 2.21. The highest BCUT2D eigenvalue weighted by atomic mass is 35.5. The number of nitrogens with one attached hydrogen (secondary N) is 1. The van der Waals surface area contributed by atoms with Gasteiger partial charge in [0.25, 0.3) is 0 Å². The summed E-state index contributed by atoms with van der Waals surface area (Å²) in [6, 6.07) is 6.14. The van der Waals surface area contributed by atoms with Crippen LogP contribution < -0.4 is 10.1 Å². The predicted molar refractivity (Wildman–Crippen MR) is 94.5 cm³/mol. The van der Waals surface area contributed by atoms with E-state index < -0.39 is 0 Å². The highest BCUT2D eigenvalue weighted by Gasteiger charge is 2.13. The number of piperidine rings is 1. The minimum atomic E-state index is -0.131. The van der Waals surface area contributed by atoms with Gasteiger partial charge in [-0.1, -0.05) is 6.07 Å². The molecule has 1 heterocycles. The lowest BCUT2D eigenvalue weighted by atomic mass is 9.99. The molecule has 1 aliphatic heterocycles. The van der Waals surface area contributed by atoms with Gasteiger partial charge in [0.2, 0.25) is 0 Å². The van der Waals surface area contributed by atoms with Crippen molar-refractivity contribution in [2.75, 3.05) is 26.3 Å². The Labute approximate surface area is 145 Å². The van der Waals surface area contributed by atoms with Crippen molar-refractivity contribution in [2.45, 2.75) is 39.5 Å². The molecule has 0 saturated carbocycles. The minimum absolute atomic E-state index is 0. The summed E-state index contributed by atoms with van der Waals surface area (Å²) in [6.45, 7) is 7.33. The first kappa shape index (κ1) is 19.8. The first-order valence-corrected chi connectivity index (χ1v) is 8.27. The van der Waals surface area contributed by atoms with Crippen LogP contribution in [0.4, 0.5) is 0 Å². The van der Waals surface area contributed by atoms with E-state index in [1.807, 2.05) is 13.0 Å². The van der Waals surface area contributed by atoms with Crippen LogP contribution in [0.1, 0.15) is 37.3 Å². The molecule has 2 rings (SSSR count). The van der Waals surface area contributed by atoms with Crippen molar-refractivity contribution >= 4 is 18.4 Å². The van der Waals surface area contributed by atoms with Gasteiger partial charge in [0.15, 0.2) is 0 Å². The SMILES string of the molecule is CCOC(=O)CCc1ccc(OCC2CCNCC2)cc1C.Cl. The lowest BCUT2D eigenvalue weighted by Gasteiger charge is -2.22. The number of carbonyl (C=O) groups is 1. The molecule has 0 spiro atoms. The Morgan fingerprint density at radius 1 is 1.30 bits per heavy atom. The largest absolute Gasteiger partial charge is 0.493 e. The van der Waals surface area contributed by atoms with Crippen LogP contribution in [0, 0.1) is 12.8 Å². The highest BCUT2D eigenvalue weighted by molar-refractivity contribution is 5.85. The fourth-order valence-corrected chi connectivity index (χ4v) is 2.77. The first-order valence-electron chi connectivity index (χ1n) is 8.27. The number of hydrogen-bond donors (Lipinski definition) is 1. The molecular weight excluding hydrogens is 314 g/mol. The maximum absolute atomic E-state index is 11.4. The lowest BCUT2D eigenvalue weighted by molar-refractivity contribution is -0.143. The number of aryl methyl sites for hydroxylation is 2. The summed E-state index contributed by atoms with van der Waals surface area (Å²) in [6.07, 6.45) is 3.54. The zero-order valence-corrected chi connectivity index (χ0v) is 14.9. The van der Waals surface area contributed by atoms with Crippen molar-refractivity contribution in [1.82, 2.24) is 5.32 Å². The van der Waals surface area contributed by atoms with Gasteiger partial charge < -0.3 is 14.8 Å². The molecule has 0 aromatic heterocycles. The molecular formula is C18H28ClNO3. The molecule has 1 saturated heterocycles. The zero-order valence-electron chi connectivity index (χ0n) is 14.1. The monoisotopic (exact) mass is 341 g/mol. The summed E-state index contributed by atoms with van der Waals surface area (Å²) in [7, 11) is 0. The van der Waals surface area contributed by atoms with Gasteiger partial charge in [0.05, 0.1) is 13.2 Å². The number of rotatable bonds is 7. The summed E-state index contributed by atoms with van der Waals surface area (Å²) >= 11 is 0. The number of carbonyl (C=O) groups excluding carboxylic acids is 1. The van der Waals surface area contributed by atoms with Crippen LogP contribution in [0.3, 0.4) is 0 Å². The van der Waals surface area contributed by atoms with Gasteiger partial charge in [-0.25, -0.2) is 0 Å². The molecule has 5 heteroatoms. The van der Waals surface area contributed by atoms with E-state index in [-0.39, 0.29) is 18.4 Å². The van der Waals surface area contributed by atoms with Crippen LogP contribution >= 0.6 is 12.4 Å². The number of halogens is 1. The summed E-state index contributed by atoms with van der Waals surface area (Å²) in [5.74, 6) is 1.45. The number of benzene rings is 1. The number of hydrogen-bond acceptors (Lipinski definition) is 4. The van der Waals surface area contributed by atoms with Crippen LogP contribution in [0.2, 0.25) is 0 Å². The summed E-state index contributed by atoms with van der Waals surface area (Å²) < 4.78 is 10.9. The standard InChI is InChI=1S/C18H27NO3.ClH/c1-3-21-18(20)7-5-16-4-6-17(12-14(16)2)22-13-15-8-10-19-11-9-15;/h4,6,12,15,19H,3,5,7-11,13H2,1-2H3;1H. The van der Waals surface area contributed by atoms with Crippen molar-refractivity contribution in [1.29, 1.82) is 0 Å². The van der Waals surface area contributed by atoms with E-state index in [1.165, 1.54) is 24.0 Å². The molecule has 23 heavy (non-hydrogen) atoms. The molecule has 4 nitrogen and oxygen atoms in total. The van der Waals surface area contributed by atoms with Gasteiger partial charge >= 0.3 is 5.97 Å². The van der Waals surface area contributed by atoms with E-state index in [9.17, 15) is 4.79 Å². The minimum Gasteiger partial charge on any atom is -0.493 e. The molecule has 0 radical (unpaired) electrons. The Hall–Kier alpha value is -1.26. The topological polar surface area (TPSA) is 47.6 Å². The third kappa shape index (κ3) is 6.80. The third-order valence-electron chi connectivity index (χ3n) is 4.16. The van der Waals surface area contributed by atoms with Crippen LogP contribution in [-0.2, 0) is 16.0 Å². The van der Waals surface area contributed by atoms with Crippen molar-refractivity contribution in [3.63, 3.8) is 0 Å². The number of esters is 1. The molecule has 0 amide bonds. The smallest absolute Gasteiger partial charge is 0.306 e. The molecule has 0 aliphatic carbocycles. The second kappa shape index (κ2) is 10.5. The van der Waals surface area contributed by atoms with Gasteiger partial charge in [-0.15, -0.1) is 12.4 Å². The summed E-state index contributed by atoms with van der Waals surface area (Å²) in [5, 5.41) is 3.37. The van der Waals surface area contributed by atoms with E-state index in [1.54, 1.807) is 0 Å². The van der Waals surface area contributed by atoms with Crippen LogP contribution in [0.15, 0.2) is 18.2 Å². The van der Waals surface area contributed by atoms with Gasteiger partial charge in [-0.05, 0) is 75.4 Å². The van der Waals surface area contributed by atoms with Gasteiger partial charge in [-0.3, -0.25) is 4.79 Å². The molecule has 1 aromatic rings. The zero-order chi connectivity index (χ0) is 15.8. The van der Waals surface area contributed by atoms with Crippen LogP contribution in [-0.4, -0.2) is 32.3 Å². The van der Waals surface area contributed by atoms with E-state index in [0.29, 0.717) is 18.9 Å². The van der Waals surface area contributed by atoms with E-state index >= 15 is 0 Å². The molecule has 0 bridgehead atoms. The van der Waals surface area contributed by atoms with Crippen LogP contribution in [0.25, 0.3) is 0 Å². The maximum Gasteiger partial charge on any atom is 0.306 e. The van der Waals surface area contributed by atoms with E-state index in [4.69, 9.17) is 9.47 Å². The van der Waals surface area contributed by atoms with E-state index in [0.717, 1.165) is 31.9 Å². The van der Waals surface area contributed by atoms with E-state index in [2.05, 4.69) is 24.4 Å². The normalized spacial score (nSPS) is 14.9. The summed E-state index contributed by atoms with van der Waals surface area (Å²) in [5.41, 5.74) is 2.36. The molecule has 1 aromatic carbocycles. The molecule has 130 valence electrons. The fraction of sp³-hybridized carbons (Fsp3) is 0.611. The molecule has 1 aliphatic rings. The molecule has 0 unspecified atom stereocenters. The summed E-state index contributed by atoms with van der Waals surface area (Å²) in [4.78, 5) is 11.4. The second-order valence-electron chi connectivity index (χ2n) is 5.90. The molecule has 1 fully saturated rings. The van der Waals surface area contributed by atoms with Gasteiger partial charge in [0.1, 0.15) is 5.75 Å². The van der Waals surface area contributed by atoms with Gasteiger partial charge in [0, 0.05) is 6.42 Å². The Balaban J connectivity index is 0.00000264. The second-order valence-corrected chi connectivity index (χ2v) is 5.90. The van der Waals surface area contributed by atoms with Crippen LogP contribution in [0.5, 0.6) is 5.75 Å².